The zero-order valence-corrected chi connectivity index (χ0v) is 13.0. The second kappa shape index (κ2) is 5.27. The summed E-state index contributed by atoms with van der Waals surface area (Å²) in [6.07, 6.45) is 2.84. The average Bonchev–Trinajstić information content (AvgIpc) is 2.78. The molecule has 0 bridgehead atoms. The summed E-state index contributed by atoms with van der Waals surface area (Å²) < 4.78 is 13.2. The van der Waals surface area contributed by atoms with Gasteiger partial charge in [-0.1, -0.05) is 18.2 Å². The van der Waals surface area contributed by atoms with Gasteiger partial charge < -0.3 is 9.47 Å². The molecule has 0 spiro atoms. The van der Waals surface area contributed by atoms with Crippen molar-refractivity contribution in [2.24, 2.45) is 5.92 Å². The first-order chi connectivity index (χ1) is 8.70. The van der Waals surface area contributed by atoms with Crippen molar-refractivity contribution < 1.29 is 9.47 Å². The molecule has 0 amide bonds. The van der Waals surface area contributed by atoms with Gasteiger partial charge in [-0.2, -0.15) is 0 Å². The van der Waals surface area contributed by atoms with Gasteiger partial charge in [-0.05, 0) is 47.1 Å². The van der Waals surface area contributed by atoms with Gasteiger partial charge in [-0.25, -0.2) is 0 Å². The maximum absolute atomic E-state index is 6.11. The zero-order valence-electron chi connectivity index (χ0n) is 10.1. The number of hydrogen-bond donors (Lipinski definition) is 0. The third-order valence-electron chi connectivity index (χ3n) is 3.87. The van der Waals surface area contributed by atoms with Crippen molar-refractivity contribution >= 4 is 34.2 Å². The highest BCUT2D eigenvalue weighted by molar-refractivity contribution is 14.1. The van der Waals surface area contributed by atoms with Crippen LogP contribution in [0.3, 0.4) is 0 Å². The summed E-state index contributed by atoms with van der Waals surface area (Å²) in [6, 6.07) is 8.42. The first-order valence-corrected chi connectivity index (χ1v) is 7.86. The molecule has 98 valence electrons. The second-order valence-corrected chi connectivity index (χ2v) is 6.82. The lowest BCUT2D eigenvalue weighted by molar-refractivity contribution is -0.210. The minimum atomic E-state index is -0.424. The van der Waals surface area contributed by atoms with Crippen LogP contribution >= 0.6 is 34.2 Å². The van der Waals surface area contributed by atoms with Crippen LogP contribution in [0.15, 0.2) is 24.3 Å². The third-order valence-corrected chi connectivity index (χ3v) is 5.28. The van der Waals surface area contributed by atoms with E-state index < -0.39 is 5.79 Å². The fourth-order valence-corrected chi connectivity index (χ4v) is 3.78. The molecular formula is C14H16ClIO2. The molecular weight excluding hydrogens is 363 g/mol. The van der Waals surface area contributed by atoms with E-state index in [1.165, 1.54) is 9.13 Å². The standard InChI is InChI=1S/C14H16ClIO2/c15-12-7-11(8-12)14(17-5-6-18-14)9-10-3-1-2-4-13(10)16/h1-4,11-12H,5-9H2. The molecule has 1 aliphatic carbocycles. The topological polar surface area (TPSA) is 18.5 Å². The van der Waals surface area contributed by atoms with E-state index in [9.17, 15) is 0 Å². The monoisotopic (exact) mass is 378 g/mol. The Bertz CT molecular complexity index is 426. The Labute approximate surface area is 126 Å². The highest BCUT2D eigenvalue weighted by Crippen LogP contribution is 2.45. The Balaban J connectivity index is 1.80. The Kier molecular flexibility index (Phi) is 3.85. The molecule has 2 fully saturated rings. The Morgan fingerprint density at radius 3 is 2.50 bits per heavy atom. The van der Waals surface area contributed by atoms with E-state index in [4.69, 9.17) is 21.1 Å². The summed E-state index contributed by atoms with van der Waals surface area (Å²) in [4.78, 5) is 0. The van der Waals surface area contributed by atoms with Gasteiger partial charge in [0.1, 0.15) is 0 Å². The van der Waals surface area contributed by atoms with Gasteiger partial charge in [0.05, 0.1) is 13.2 Å². The lowest BCUT2D eigenvalue weighted by atomic mass is 9.76. The number of alkyl halides is 1. The molecule has 18 heavy (non-hydrogen) atoms. The van der Waals surface area contributed by atoms with Gasteiger partial charge >= 0.3 is 0 Å². The summed E-state index contributed by atoms with van der Waals surface area (Å²) in [6.45, 7) is 1.40. The summed E-state index contributed by atoms with van der Waals surface area (Å²) in [5, 5.41) is 0.300. The molecule has 0 unspecified atom stereocenters. The van der Waals surface area contributed by atoms with Gasteiger partial charge in [0.15, 0.2) is 5.79 Å². The molecule has 0 atom stereocenters. The third kappa shape index (κ3) is 2.42. The summed E-state index contributed by atoms with van der Waals surface area (Å²) in [7, 11) is 0. The number of rotatable bonds is 3. The Morgan fingerprint density at radius 1 is 1.22 bits per heavy atom. The fraction of sp³-hybridized carbons (Fsp3) is 0.571. The molecule has 1 saturated heterocycles. The van der Waals surface area contributed by atoms with Crippen LogP contribution in [0.2, 0.25) is 0 Å². The van der Waals surface area contributed by atoms with Crippen LogP contribution in [0.25, 0.3) is 0 Å². The molecule has 0 radical (unpaired) electrons. The van der Waals surface area contributed by atoms with Crippen LogP contribution < -0.4 is 0 Å². The smallest absolute Gasteiger partial charge is 0.175 e. The molecule has 2 nitrogen and oxygen atoms in total. The number of hydrogen-bond acceptors (Lipinski definition) is 2. The SMILES string of the molecule is ClC1CC(C2(Cc3ccccc3I)OCCO2)C1. The summed E-state index contributed by atoms with van der Waals surface area (Å²) in [5.41, 5.74) is 1.30. The van der Waals surface area contributed by atoms with Crippen LogP contribution in [0.5, 0.6) is 0 Å². The van der Waals surface area contributed by atoms with Crippen LogP contribution in [0.4, 0.5) is 0 Å². The first kappa shape index (κ1) is 13.2. The Hall–Kier alpha value is 0.160. The highest BCUT2D eigenvalue weighted by atomic mass is 127. The van der Waals surface area contributed by atoms with Crippen molar-refractivity contribution in [3.05, 3.63) is 33.4 Å². The van der Waals surface area contributed by atoms with Crippen LogP contribution in [-0.2, 0) is 15.9 Å². The maximum Gasteiger partial charge on any atom is 0.175 e. The van der Waals surface area contributed by atoms with Crippen molar-refractivity contribution in [1.29, 1.82) is 0 Å². The van der Waals surface area contributed by atoms with Crippen molar-refractivity contribution in [1.82, 2.24) is 0 Å². The number of benzene rings is 1. The summed E-state index contributed by atoms with van der Waals surface area (Å²) >= 11 is 8.48. The minimum Gasteiger partial charge on any atom is -0.347 e. The number of ether oxygens (including phenoxy) is 2. The van der Waals surface area contributed by atoms with E-state index in [1.54, 1.807) is 0 Å². The van der Waals surface area contributed by atoms with Crippen molar-refractivity contribution in [2.45, 2.75) is 30.4 Å². The van der Waals surface area contributed by atoms with Gasteiger partial charge in [0, 0.05) is 21.3 Å². The highest BCUT2D eigenvalue weighted by Gasteiger charge is 2.49. The fourth-order valence-electron chi connectivity index (χ4n) is 2.77. The largest absolute Gasteiger partial charge is 0.347 e. The Morgan fingerprint density at radius 2 is 1.89 bits per heavy atom. The molecule has 0 N–H and O–H groups in total. The van der Waals surface area contributed by atoms with Gasteiger partial charge in [0.2, 0.25) is 0 Å². The molecule has 1 saturated carbocycles. The van der Waals surface area contributed by atoms with E-state index in [2.05, 4.69) is 46.9 Å². The van der Waals surface area contributed by atoms with E-state index >= 15 is 0 Å². The van der Waals surface area contributed by atoms with E-state index in [-0.39, 0.29) is 0 Å². The lowest BCUT2D eigenvalue weighted by Crippen LogP contribution is -2.48. The number of halogens is 2. The average molecular weight is 379 g/mol. The van der Waals surface area contributed by atoms with Gasteiger partial charge in [-0.15, -0.1) is 11.6 Å². The molecule has 2 aliphatic rings. The molecule has 4 heteroatoms. The predicted octanol–water partition coefficient (Wildman–Crippen LogP) is 3.59. The van der Waals surface area contributed by atoms with E-state index in [0.717, 1.165) is 19.3 Å². The summed E-state index contributed by atoms with van der Waals surface area (Å²) in [5.74, 6) is 0.0191. The minimum absolute atomic E-state index is 0.300. The van der Waals surface area contributed by atoms with Crippen molar-refractivity contribution in [3.63, 3.8) is 0 Å². The van der Waals surface area contributed by atoms with Crippen molar-refractivity contribution in [3.8, 4) is 0 Å². The first-order valence-electron chi connectivity index (χ1n) is 6.35. The molecule has 1 heterocycles. The van der Waals surface area contributed by atoms with Crippen LogP contribution in [-0.4, -0.2) is 24.4 Å². The molecule has 1 aromatic carbocycles. The maximum atomic E-state index is 6.11. The molecule has 1 aliphatic heterocycles. The van der Waals surface area contributed by atoms with E-state index in [1.807, 2.05) is 0 Å². The van der Waals surface area contributed by atoms with Gasteiger partial charge in [0.25, 0.3) is 0 Å². The predicted molar refractivity (Wildman–Crippen MR) is 79.9 cm³/mol. The van der Waals surface area contributed by atoms with Crippen LogP contribution in [0.1, 0.15) is 18.4 Å². The van der Waals surface area contributed by atoms with Crippen molar-refractivity contribution in [2.75, 3.05) is 13.2 Å². The van der Waals surface area contributed by atoms with Crippen LogP contribution in [0, 0.1) is 9.49 Å². The molecule has 0 aromatic heterocycles. The van der Waals surface area contributed by atoms with E-state index in [0.29, 0.717) is 24.5 Å². The quantitative estimate of drug-likeness (QED) is 0.591. The normalized spacial score (nSPS) is 30.1. The molecule has 1 aromatic rings. The lowest BCUT2D eigenvalue weighted by Gasteiger charge is -2.43. The van der Waals surface area contributed by atoms with Gasteiger partial charge in [-0.3, -0.25) is 0 Å². The zero-order chi connectivity index (χ0) is 12.6. The second-order valence-electron chi connectivity index (χ2n) is 5.04. The molecule has 3 rings (SSSR count).